The second-order valence-corrected chi connectivity index (χ2v) is 5.29. The molecule has 0 aliphatic carbocycles. The van der Waals surface area contributed by atoms with Gasteiger partial charge in [-0.25, -0.2) is 5.84 Å². The molecule has 0 fully saturated rings. The first kappa shape index (κ1) is 15.6. The molecular formula is C15H15IN2O3. The van der Waals surface area contributed by atoms with Crippen LogP contribution in [0.3, 0.4) is 0 Å². The van der Waals surface area contributed by atoms with Crippen LogP contribution in [0.15, 0.2) is 48.5 Å². The van der Waals surface area contributed by atoms with Crippen molar-refractivity contribution in [1.82, 2.24) is 5.43 Å². The normalized spacial score (nSPS) is 10.0. The van der Waals surface area contributed by atoms with Crippen LogP contribution in [-0.4, -0.2) is 19.1 Å². The van der Waals surface area contributed by atoms with Gasteiger partial charge >= 0.3 is 0 Å². The number of hydrogen-bond acceptors (Lipinski definition) is 4. The van der Waals surface area contributed by atoms with E-state index in [1.165, 1.54) is 0 Å². The molecule has 0 bridgehead atoms. The minimum absolute atomic E-state index is 0.351. The van der Waals surface area contributed by atoms with Gasteiger partial charge in [-0.2, -0.15) is 0 Å². The number of nitrogens with two attached hydrogens (primary N) is 1. The highest BCUT2D eigenvalue weighted by molar-refractivity contribution is 14.1. The lowest BCUT2D eigenvalue weighted by molar-refractivity contribution is 0.0953. The van der Waals surface area contributed by atoms with Gasteiger partial charge in [0.2, 0.25) is 0 Å². The molecule has 2 aromatic carbocycles. The molecule has 0 saturated carbocycles. The highest BCUT2D eigenvalue weighted by atomic mass is 127. The van der Waals surface area contributed by atoms with E-state index in [1.54, 1.807) is 24.3 Å². The molecule has 5 nitrogen and oxygen atoms in total. The molecule has 0 saturated heterocycles. The lowest BCUT2D eigenvalue weighted by Gasteiger charge is -2.10. The molecule has 3 N–H and O–H groups in total. The van der Waals surface area contributed by atoms with Gasteiger partial charge < -0.3 is 9.47 Å². The topological polar surface area (TPSA) is 73.6 Å². The quantitative estimate of drug-likeness (QED) is 0.258. The number of rotatable bonds is 6. The summed E-state index contributed by atoms with van der Waals surface area (Å²) in [5.74, 6) is 6.17. The molecule has 110 valence electrons. The molecule has 0 aliphatic heterocycles. The second-order valence-electron chi connectivity index (χ2n) is 4.13. The van der Waals surface area contributed by atoms with Crippen molar-refractivity contribution in [2.45, 2.75) is 0 Å². The molecule has 1 amide bonds. The smallest absolute Gasteiger partial charge is 0.265 e. The van der Waals surface area contributed by atoms with E-state index in [1.807, 2.05) is 24.3 Å². The van der Waals surface area contributed by atoms with Crippen molar-refractivity contribution in [3.8, 4) is 11.5 Å². The molecule has 2 aromatic rings. The van der Waals surface area contributed by atoms with Gasteiger partial charge in [-0.05, 0) is 52.9 Å². The molecule has 2 rings (SSSR count). The fourth-order valence-electron chi connectivity index (χ4n) is 1.68. The van der Waals surface area contributed by atoms with Crippen LogP contribution in [0.25, 0.3) is 0 Å². The van der Waals surface area contributed by atoms with Crippen molar-refractivity contribution >= 4 is 28.5 Å². The van der Waals surface area contributed by atoms with Crippen molar-refractivity contribution in [3.05, 3.63) is 57.7 Å². The van der Waals surface area contributed by atoms with E-state index in [0.29, 0.717) is 24.5 Å². The molecular weight excluding hydrogens is 383 g/mol. The highest BCUT2D eigenvalue weighted by Crippen LogP contribution is 2.19. The Morgan fingerprint density at radius 3 is 2.62 bits per heavy atom. The predicted molar refractivity (Wildman–Crippen MR) is 88.2 cm³/mol. The Hall–Kier alpha value is -1.80. The van der Waals surface area contributed by atoms with Gasteiger partial charge in [0.1, 0.15) is 24.7 Å². The summed E-state index contributed by atoms with van der Waals surface area (Å²) in [6, 6.07) is 14.6. The van der Waals surface area contributed by atoms with Crippen molar-refractivity contribution in [3.63, 3.8) is 0 Å². The molecule has 6 heteroatoms. The van der Waals surface area contributed by atoms with Crippen LogP contribution in [-0.2, 0) is 0 Å². The number of hydrogen-bond donors (Lipinski definition) is 2. The summed E-state index contributed by atoms with van der Waals surface area (Å²) in [5.41, 5.74) is 2.54. The summed E-state index contributed by atoms with van der Waals surface area (Å²) in [6.07, 6.45) is 0. The number of nitrogens with one attached hydrogen (secondary N) is 1. The standard InChI is InChI=1S/C15H15IN2O3/c16-13-6-1-2-7-14(13)21-9-8-20-12-5-3-4-11(10-12)15(19)18-17/h1-7,10H,8-9,17H2,(H,18,19). The van der Waals surface area contributed by atoms with Gasteiger partial charge in [0.05, 0.1) is 3.57 Å². The zero-order valence-electron chi connectivity index (χ0n) is 11.2. The molecule has 21 heavy (non-hydrogen) atoms. The number of carbonyl (C=O) groups is 1. The van der Waals surface area contributed by atoms with Gasteiger partial charge in [0, 0.05) is 5.56 Å². The fraction of sp³-hybridized carbons (Fsp3) is 0.133. The van der Waals surface area contributed by atoms with Crippen molar-refractivity contribution < 1.29 is 14.3 Å². The second kappa shape index (κ2) is 7.84. The first-order valence-electron chi connectivity index (χ1n) is 6.32. The molecule has 0 spiro atoms. The number of hydrazine groups is 1. The molecule has 0 aromatic heterocycles. The predicted octanol–water partition coefficient (Wildman–Crippen LogP) is 2.35. The zero-order chi connectivity index (χ0) is 15.1. The Balaban J connectivity index is 1.84. The summed E-state index contributed by atoms with van der Waals surface area (Å²) >= 11 is 2.22. The van der Waals surface area contributed by atoms with E-state index in [9.17, 15) is 4.79 Å². The van der Waals surface area contributed by atoms with E-state index in [4.69, 9.17) is 15.3 Å². The number of halogens is 1. The summed E-state index contributed by atoms with van der Waals surface area (Å²) in [6.45, 7) is 0.812. The Morgan fingerprint density at radius 2 is 1.86 bits per heavy atom. The van der Waals surface area contributed by atoms with Crippen LogP contribution in [0.1, 0.15) is 10.4 Å². The van der Waals surface area contributed by atoms with E-state index >= 15 is 0 Å². The first-order chi connectivity index (χ1) is 10.2. The number of benzene rings is 2. The zero-order valence-corrected chi connectivity index (χ0v) is 13.4. The Kier molecular flexibility index (Phi) is 5.82. The van der Waals surface area contributed by atoms with Crippen LogP contribution in [0.2, 0.25) is 0 Å². The Labute approximate surface area is 136 Å². The molecule has 0 atom stereocenters. The van der Waals surface area contributed by atoms with Gasteiger partial charge in [0.25, 0.3) is 5.91 Å². The van der Waals surface area contributed by atoms with Crippen LogP contribution in [0.5, 0.6) is 11.5 Å². The van der Waals surface area contributed by atoms with Crippen LogP contribution >= 0.6 is 22.6 Å². The lowest BCUT2D eigenvalue weighted by atomic mass is 10.2. The number of carbonyl (C=O) groups excluding carboxylic acids is 1. The SMILES string of the molecule is NNC(=O)c1cccc(OCCOc2ccccc2I)c1. The number of amides is 1. The minimum atomic E-state index is -0.351. The molecule has 0 unspecified atom stereocenters. The van der Waals surface area contributed by atoms with E-state index in [0.717, 1.165) is 9.32 Å². The van der Waals surface area contributed by atoms with Gasteiger partial charge in [-0.15, -0.1) is 0 Å². The van der Waals surface area contributed by atoms with Crippen molar-refractivity contribution in [2.24, 2.45) is 5.84 Å². The third kappa shape index (κ3) is 4.61. The fourth-order valence-corrected chi connectivity index (χ4v) is 2.23. The summed E-state index contributed by atoms with van der Waals surface area (Å²) in [7, 11) is 0. The number of ether oxygens (including phenoxy) is 2. The van der Waals surface area contributed by atoms with Gasteiger partial charge in [-0.3, -0.25) is 10.2 Å². The monoisotopic (exact) mass is 398 g/mol. The average molecular weight is 398 g/mol. The highest BCUT2D eigenvalue weighted by Gasteiger charge is 2.04. The van der Waals surface area contributed by atoms with Crippen LogP contribution < -0.4 is 20.7 Å². The molecule has 0 aliphatic rings. The maximum atomic E-state index is 11.4. The molecule has 0 heterocycles. The van der Waals surface area contributed by atoms with E-state index < -0.39 is 0 Å². The van der Waals surface area contributed by atoms with E-state index in [-0.39, 0.29) is 5.91 Å². The third-order valence-electron chi connectivity index (χ3n) is 2.67. The lowest BCUT2D eigenvalue weighted by Crippen LogP contribution is -2.29. The average Bonchev–Trinajstić information content (AvgIpc) is 2.52. The largest absolute Gasteiger partial charge is 0.490 e. The summed E-state index contributed by atoms with van der Waals surface area (Å²) in [4.78, 5) is 11.4. The Morgan fingerprint density at radius 1 is 1.10 bits per heavy atom. The molecule has 0 radical (unpaired) electrons. The Bertz CT molecular complexity index is 619. The van der Waals surface area contributed by atoms with Crippen molar-refractivity contribution in [2.75, 3.05) is 13.2 Å². The summed E-state index contributed by atoms with van der Waals surface area (Å²) in [5, 5.41) is 0. The van der Waals surface area contributed by atoms with Crippen molar-refractivity contribution in [1.29, 1.82) is 0 Å². The van der Waals surface area contributed by atoms with Crippen LogP contribution in [0, 0.1) is 3.57 Å². The summed E-state index contributed by atoms with van der Waals surface area (Å²) < 4.78 is 12.2. The maximum Gasteiger partial charge on any atom is 0.265 e. The maximum absolute atomic E-state index is 11.4. The number of para-hydroxylation sites is 1. The van der Waals surface area contributed by atoms with Gasteiger partial charge in [-0.1, -0.05) is 18.2 Å². The third-order valence-corrected chi connectivity index (χ3v) is 3.56. The van der Waals surface area contributed by atoms with Gasteiger partial charge in [0.15, 0.2) is 0 Å². The number of nitrogen functional groups attached to an aromatic ring is 1. The first-order valence-corrected chi connectivity index (χ1v) is 7.39. The van der Waals surface area contributed by atoms with Crippen LogP contribution in [0.4, 0.5) is 0 Å². The minimum Gasteiger partial charge on any atom is -0.490 e. The van der Waals surface area contributed by atoms with E-state index in [2.05, 4.69) is 28.0 Å².